The summed E-state index contributed by atoms with van der Waals surface area (Å²) < 4.78 is 5.69. The second-order valence-electron chi connectivity index (χ2n) is 4.25. The Morgan fingerprint density at radius 3 is 2.17 bits per heavy atom. The Kier molecular flexibility index (Phi) is 2.42. The Hall–Kier alpha value is -0.573. The number of ketones is 1. The van der Waals surface area contributed by atoms with Gasteiger partial charge in [-0.3, -0.25) is 4.79 Å². The summed E-state index contributed by atoms with van der Waals surface area (Å²) in [5.74, 6) is 0.851. The van der Waals surface area contributed by atoms with Gasteiger partial charge in [-0.1, -0.05) is 0 Å². The molecule has 12 heavy (non-hydrogen) atoms. The van der Waals surface area contributed by atoms with Gasteiger partial charge in [-0.2, -0.15) is 0 Å². The van der Waals surface area contributed by atoms with E-state index in [0.717, 1.165) is 12.0 Å². The van der Waals surface area contributed by atoms with Gasteiger partial charge in [-0.15, -0.1) is 0 Å². The summed E-state index contributed by atoms with van der Waals surface area (Å²) in [6.07, 6.45) is 1.53. The van der Waals surface area contributed by atoms with Crippen molar-refractivity contribution in [1.29, 1.82) is 0 Å². The van der Waals surface area contributed by atoms with Crippen molar-refractivity contribution in [2.24, 2.45) is 0 Å². The second-order valence-corrected chi connectivity index (χ2v) is 8.68. The summed E-state index contributed by atoms with van der Waals surface area (Å²) in [5, 5.41) is 0. The number of rotatable bonds is 2. The van der Waals surface area contributed by atoms with Gasteiger partial charge in [-0.25, -0.2) is 0 Å². The van der Waals surface area contributed by atoms with Crippen LogP contribution in [0.3, 0.4) is 0 Å². The molecule has 68 valence electrons. The molecular formula is C9H16O2Si. The van der Waals surface area contributed by atoms with Crippen LogP contribution in [-0.4, -0.2) is 14.1 Å². The van der Waals surface area contributed by atoms with Gasteiger partial charge in [-0.05, 0) is 38.6 Å². The summed E-state index contributed by atoms with van der Waals surface area (Å²) in [6, 6.07) is 0. The smallest absolute Gasteiger partial charge is 0.242 e. The fourth-order valence-corrected chi connectivity index (χ4v) is 2.12. The molecule has 0 saturated heterocycles. The molecule has 0 saturated carbocycles. The molecule has 0 N–H and O–H groups in total. The molecule has 0 bridgehead atoms. The first kappa shape index (κ1) is 9.51. The second kappa shape index (κ2) is 3.05. The number of Topliss-reactive ketones (excluding diaryl/α,β-unsaturated/α-hetero) is 1. The third kappa shape index (κ3) is 2.20. The quantitative estimate of drug-likeness (QED) is 0.616. The minimum atomic E-state index is -1.58. The largest absolute Gasteiger partial charge is 0.542 e. The van der Waals surface area contributed by atoms with E-state index in [-0.39, 0.29) is 5.78 Å². The molecule has 1 aliphatic rings. The highest BCUT2D eigenvalue weighted by Gasteiger charge is 2.27. The molecule has 0 amide bonds. The van der Waals surface area contributed by atoms with Gasteiger partial charge in [0, 0.05) is 6.42 Å². The molecule has 2 nitrogen and oxygen atoms in total. The highest BCUT2D eigenvalue weighted by atomic mass is 28.4. The number of allylic oxidation sites excluding steroid dienone is 2. The van der Waals surface area contributed by atoms with Gasteiger partial charge in [0.05, 0.1) is 0 Å². The van der Waals surface area contributed by atoms with Crippen molar-refractivity contribution in [1.82, 2.24) is 0 Å². The minimum Gasteiger partial charge on any atom is -0.542 e. The van der Waals surface area contributed by atoms with Crippen LogP contribution >= 0.6 is 0 Å². The average Bonchev–Trinajstić information content (AvgIpc) is 2.16. The Labute approximate surface area is 74.7 Å². The molecule has 0 aromatic rings. The lowest BCUT2D eigenvalue weighted by Crippen LogP contribution is -2.26. The zero-order valence-corrected chi connectivity index (χ0v) is 9.23. The average molecular weight is 184 g/mol. The highest BCUT2D eigenvalue weighted by Crippen LogP contribution is 2.25. The minimum absolute atomic E-state index is 0.190. The molecule has 0 fully saturated rings. The standard InChI is InChI=1S/C9H16O2Si/c1-7-5-6-8(10)9(7)11-12(2,3)4/h5-6H2,1-4H3. The molecule has 0 aromatic heterocycles. The molecule has 0 radical (unpaired) electrons. The van der Waals surface area contributed by atoms with Crippen molar-refractivity contribution in [2.45, 2.75) is 39.4 Å². The predicted octanol–water partition coefficient (Wildman–Crippen LogP) is 2.47. The molecular weight excluding hydrogens is 168 g/mol. The van der Waals surface area contributed by atoms with E-state index in [0.29, 0.717) is 12.2 Å². The maximum Gasteiger partial charge on any atom is 0.242 e. The molecule has 1 aliphatic carbocycles. The topological polar surface area (TPSA) is 26.3 Å². The van der Waals surface area contributed by atoms with Crippen molar-refractivity contribution < 1.29 is 9.22 Å². The Morgan fingerprint density at radius 1 is 1.25 bits per heavy atom. The van der Waals surface area contributed by atoms with Crippen LogP contribution in [0.1, 0.15) is 19.8 Å². The molecule has 1 rings (SSSR count). The van der Waals surface area contributed by atoms with Crippen LogP contribution in [0.4, 0.5) is 0 Å². The van der Waals surface area contributed by atoms with Crippen LogP contribution in [0.25, 0.3) is 0 Å². The summed E-state index contributed by atoms with van der Waals surface area (Å²) in [4.78, 5) is 11.3. The molecule has 3 heteroatoms. The zero-order chi connectivity index (χ0) is 9.35. The molecule has 0 heterocycles. The predicted molar refractivity (Wildman–Crippen MR) is 51.4 cm³/mol. The molecule has 0 aromatic carbocycles. The van der Waals surface area contributed by atoms with Gasteiger partial charge < -0.3 is 4.43 Å². The first-order valence-electron chi connectivity index (χ1n) is 4.32. The van der Waals surface area contributed by atoms with Crippen molar-refractivity contribution in [2.75, 3.05) is 0 Å². The van der Waals surface area contributed by atoms with E-state index >= 15 is 0 Å². The third-order valence-electron chi connectivity index (χ3n) is 1.78. The van der Waals surface area contributed by atoms with Crippen molar-refractivity contribution in [3.05, 3.63) is 11.3 Å². The van der Waals surface area contributed by atoms with E-state index in [1.165, 1.54) is 0 Å². The van der Waals surface area contributed by atoms with Gasteiger partial charge >= 0.3 is 0 Å². The van der Waals surface area contributed by atoms with E-state index in [2.05, 4.69) is 19.6 Å². The van der Waals surface area contributed by atoms with Gasteiger partial charge in [0.1, 0.15) is 5.76 Å². The summed E-state index contributed by atoms with van der Waals surface area (Å²) >= 11 is 0. The van der Waals surface area contributed by atoms with E-state index in [9.17, 15) is 4.79 Å². The van der Waals surface area contributed by atoms with Crippen LogP contribution in [0, 0.1) is 0 Å². The monoisotopic (exact) mass is 184 g/mol. The summed E-state index contributed by atoms with van der Waals surface area (Å²) in [7, 11) is -1.58. The third-order valence-corrected chi connectivity index (χ3v) is 2.59. The number of hydrogen-bond donors (Lipinski definition) is 0. The number of carbonyl (C=O) groups is 1. The van der Waals surface area contributed by atoms with Crippen LogP contribution in [0.15, 0.2) is 11.3 Å². The maximum absolute atomic E-state index is 11.3. The van der Waals surface area contributed by atoms with Crippen LogP contribution in [0.2, 0.25) is 19.6 Å². The number of carbonyl (C=O) groups excluding carboxylic acids is 1. The maximum atomic E-state index is 11.3. The van der Waals surface area contributed by atoms with Gasteiger partial charge in [0.25, 0.3) is 0 Å². The Bertz CT molecular complexity index is 235. The van der Waals surface area contributed by atoms with Crippen LogP contribution in [-0.2, 0) is 9.22 Å². The van der Waals surface area contributed by atoms with E-state index in [1.807, 2.05) is 6.92 Å². The fraction of sp³-hybridized carbons (Fsp3) is 0.667. The summed E-state index contributed by atoms with van der Waals surface area (Å²) in [6.45, 7) is 8.27. The molecule has 0 atom stereocenters. The van der Waals surface area contributed by atoms with Crippen molar-refractivity contribution in [3.63, 3.8) is 0 Å². The Balaban J connectivity index is 2.75. The highest BCUT2D eigenvalue weighted by molar-refractivity contribution is 6.70. The lowest BCUT2D eigenvalue weighted by Gasteiger charge is -2.19. The molecule has 0 spiro atoms. The summed E-state index contributed by atoms with van der Waals surface area (Å²) in [5.41, 5.74) is 1.13. The van der Waals surface area contributed by atoms with Gasteiger partial charge in [0.2, 0.25) is 8.32 Å². The van der Waals surface area contributed by atoms with Crippen molar-refractivity contribution >= 4 is 14.1 Å². The van der Waals surface area contributed by atoms with Gasteiger partial charge in [0.15, 0.2) is 5.78 Å². The molecule has 0 aliphatic heterocycles. The van der Waals surface area contributed by atoms with Crippen molar-refractivity contribution in [3.8, 4) is 0 Å². The first-order chi connectivity index (χ1) is 5.40. The van der Waals surface area contributed by atoms with E-state index < -0.39 is 8.32 Å². The Morgan fingerprint density at radius 2 is 1.83 bits per heavy atom. The van der Waals surface area contributed by atoms with E-state index in [1.54, 1.807) is 0 Å². The zero-order valence-electron chi connectivity index (χ0n) is 8.23. The van der Waals surface area contributed by atoms with Crippen LogP contribution < -0.4 is 0 Å². The lowest BCUT2D eigenvalue weighted by atomic mass is 10.3. The fourth-order valence-electron chi connectivity index (χ4n) is 1.22. The van der Waals surface area contributed by atoms with Crippen LogP contribution in [0.5, 0.6) is 0 Å². The lowest BCUT2D eigenvalue weighted by molar-refractivity contribution is -0.116. The van der Waals surface area contributed by atoms with E-state index in [4.69, 9.17) is 4.43 Å². The normalized spacial score (nSPS) is 18.8. The number of hydrogen-bond acceptors (Lipinski definition) is 2. The SMILES string of the molecule is CC1=C(O[Si](C)(C)C)C(=O)CC1. The molecule has 0 unspecified atom stereocenters. The first-order valence-corrected chi connectivity index (χ1v) is 7.73.